The number of pyridine rings is 1. The lowest BCUT2D eigenvalue weighted by Crippen LogP contribution is -2.26. The fourth-order valence-corrected chi connectivity index (χ4v) is 4.19. The normalized spacial score (nSPS) is 15.5. The predicted molar refractivity (Wildman–Crippen MR) is 119 cm³/mol. The van der Waals surface area contributed by atoms with Gasteiger partial charge in [-0.25, -0.2) is 9.78 Å². The highest BCUT2D eigenvalue weighted by Crippen LogP contribution is 2.38. The van der Waals surface area contributed by atoms with Crippen molar-refractivity contribution in [2.24, 2.45) is 0 Å². The maximum atomic E-state index is 13.1. The summed E-state index contributed by atoms with van der Waals surface area (Å²) in [7, 11) is 1.51. The monoisotopic (exact) mass is 430 g/mol. The average Bonchev–Trinajstić information content (AvgIpc) is 3.29. The Morgan fingerprint density at radius 1 is 1.12 bits per heavy atom. The molecule has 0 bridgehead atoms. The minimum atomic E-state index is -0.507. The Morgan fingerprint density at radius 3 is 2.84 bits per heavy atom. The van der Waals surface area contributed by atoms with Crippen LogP contribution >= 0.6 is 0 Å². The van der Waals surface area contributed by atoms with Crippen LogP contribution in [0.3, 0.4) is 0 Å². The number of nitrogens with zero attached hydrogens (tertiary/aromatic N) is 1. The number of ether oxygens (including phenoxy) is 3. The number of benzene rings is 2. The molecule has 0 saturated heterocycles. The summed E-state index contributed by atoms with van der Waals surface area (Å²) >= 11 is 0. The van der Waals surface area contributed by atoms with Crippen molar-refractivity contribution in [1.29, 1.82) is 0 Å². The molecule has 1 N–H and O–H groups in total. The molecule has 0 spiro atoms. The smallest absolute Gasteiger partial charge is 0.339 e. The number of allylic oxidation sites excluding steroid dienone is 1. The van der Waals surface area contributed by atoms with Crippen molar-refractivity contribution in [2.75, 3.05) is 20.4 Å². The van der Waals surface area contributed by atoms with E-state index in [1.54, 1.807) is 0 Å². The van der Waals surface area contributed by atoms with Crippen molar-refractivity contribution in [3.05, 3.63) is 64.8 Å². The molecule has 1 aliphatic carbocycles. The van der Waals surface area contributed by atoms with Gasteiger partial charge in [0.05, 0.1) is 16.8 Å². The first-order chi connectivity index (χ1) is 15.6. The summed E-state index contributed by atoms with van der Waals surface area (Å²) in [4.78, 5) is 29.6. The molecule has 0 radical (unpaired) electrons. The highest BCUT2D eigenvalue weighted by atomic mass is 16.7. The largest absolute Gasteiger partial charge is 0.454 e. The first kappa shape index (κ1) is 20.1. The first-order valence-corrected chi connectivity index (χ1v) is 10.5. The van der Waals surface area contributed by atoms with Crippen LogP contribution in [0.4, 0.5) is 0 Å². The fraction of sp³-hybridized carbons (Fsp3) is 0.240. The second-order valence-corrected chi connectivity index (χ2v) is 7.72. The SMILES string of the molecule is CNC(=O)COC(=O)c1c2c(nc3ccccc13)/C(=C/c1ccc3c(c1)OCO3)CCC2. The van der Waals surface area contributed by atoms with Gasteiger partial charge in [-0.15, -0.1) is 0 Å². The molecule has 2 aliphatic rings. The zero-order valence-corrected chi connectivity index (χ0v) is 17.6. The molecule has 2 heterocycles. The number of amides is 1. The lowest BCUT2D eigenvalue weighted by Gasteiger charge is -2.22. The van der Waals surface area contributed by atoms with Crippen molar-refractivity contribution < 1.29 is 23.8 Å². The molecular formula is C25H22N2O5. The topological polar surface area (TPSA) is 86.8 Å². The number of likely N-dealkylation sites (N-methyl/N-ethyl adjacent to an activating group) is 1. The Bertz CT molecular complexity index is 1260. The number of carbonyl (C=O) groups excluding carboxylic acids is 2. The lowest BCUT2D eigenvalue weighted by molar-refractivity contribution is -0.123. The molecule has 1 amide bonds. The number of fused-ring (bicyclic) bond motifs is 3. The number of hydrogen-bond acceptors (Lipinski definition) is 6. The Morgan fingerprint density at radius 2 is 1.97 bits per heavy atom. The van der Waals surface area contributed by atoms with E-state index in [1.165, 1.54) is 7.05 Å². The molecule has 3 aromatic rings. The van der Waals surface area contributed by atoms with Gasteiger partial charge >= 0.3 is 5.97 Å². The minimum absolute atomic E-state index is 0.229. The van der Waals surface area contributed by atoms with Gasteiger partial charge in [0, 0.05) is 12.4 Å². The summed E-state index contributed by atoms with van der Waals surface area (Å²) in [5.41, 5.74) is 4.91. The second-order valence-electron chi connectivity index (χ2n) is 7.72. The molecule has 0 saturated carbocycles. The Kier molecular flexibility index (Phi) is 5.23. The van der Waals surface area contributed by atoms with Crippen LogP contribution in [-0.4, -0.2) is 37.3 Å². The van der Waals surface area contributed by atoms with Crippen molar-refractivity contribution in [3.63, 3.8) is 0 Å². The van der Waals surface area contributed by atoms with Crippen molar-refractivity contribution in [3.8, 4) is 11.5 Å². The Balaban J connectivity index is 1.60. The van der Waals surface area contributed by atoms with E-state index in [0.29, 0.717) is 5.56 Å². The van der Waals surface area contributed by atoms with Gasteiger partial charge in [0.25, 0.3) is 5.91 Å². The van der Waals surface area contributed by atoms with Crippen LogP contribution in [0.15, 0.2) is 42.5 Å². The third-order valence-corrected chi connectivity index (χ3v) is 5.73. The van der Waals surface area contributed by atoms with Gasteiger partial charge in [-0.3, -0.25) is 4.79 Å². The van der Waals surface area contributed by atoms with Crippen LogP contribution < -0.4 is 14.8 Å². The molecule has 1 aromatic heterocycles. The van der Waals surface area contributed by atoms with Crippen molar-refractivity contribution >= 4 is 34.4 Å². The molecule has 0 atom stereocenters. The molecule has 0 unspecified atom stereocenters. The summed E-state index contributed by atoms with van der Waals surface area (Å²) in [6.45, 7) is -0.0894. The van der Waals surface area contributed by atoms with Crippen molar-refractivity contribution in [2.45, 2.75) is 19.3 Å². The van der Waals surface area contributed by atoms with E-state index in [9.17, 15) is 9.59 Å². The highest BCUT2D eigenvalue weighted by molar-refractivity contribution is 6.07. The third-order valence-electron chi connectivity index (χ3n) is 5.73. The van der Waals surface area contributed by atoms with E-state index in [4.69, 9.17) is 19.2 Å². The number of hydrogen-bond donors (Lipinski definition) is 1. The summed E-state index contributed by atoms with van der Waals surface area (Å²) in [6, 6.07) is 13.3. The molecule has 7 nitrogen and oxygen atoms in total. The molecule has 2 aromatic carbocycles. The van der Waals surface area contributed by atoms with Crippen LogP contribution in [0, 0.1) is 0 Å². The van der Waals surface area contributed by atoms with E-state index >= 15 is 0 Å². The fourth-order valence-electron chi connectivity index (χ4n) is 4.19. The number of carbonyl (C=O) groups is 2. The predicted octanol–water partition coefficient (Wildman–Crippen LogP) is 3.74. The van der Waals surface area contributed by atoms with Gasteiger partial charge in [0.2, 0.25) is 6.79 Å². The molecular weight excluding hydrogens is 408 g/mol. The van der Waals surface area contributed by atoms with Crippen LogP contribution in [0.5, 0.6) is 11.5 Å². The third kappa shape index (κ3) is 3.66. The van der Waals surface area contributed by atoms with Gasteiger partial charge in [-0.2, -0.15) is 0 Å². The average molecular weight is 430 g/mol. The van der Waals surface area contributed by atoms with Gasteiger partial charge < -0.3 is 19.5 Å². The van der Waals surface area contributed by atoms with E-state index in [1.807, 2.05) is 42.5 Å². The van der Waals surface area contributed by atoms with Gasteiger partial charge in [-0.1, -0.05) is 24.3 Å². The molecule has 162 valence electrons. The van der Waals surface area contributed by atoms with Crippen LogP contribution in [-0.2, 0) is 16.0 Å². The highest BCUT2D eigenvalue weighted by Gasteiger charge is 2.26. The standard InChI is InChI=1S/C25H22N2O5/c1-26-22(28)13-30-25(29)23-17-6-2-3-8-19(17)27-24-16(5-4-7-18(23)24)11-15-9-10-20-21(12-15)32-14-31-20/h2-3,6,8-12H,4-5,7,13-14H2,1H3,(H,26,28)/b16-11+. The molecule has 5 rings (SSSR count). The second kappa shape index (κ2) is 8.34. The van der Waals surface area contributed by atoms with Crippen LogP contribution in [0.25, 0.3) is 22.6 Å². The minimum Gasteiger partial charge on any atom is -0.454 e. The number of rotatable bonds is 4. The van der Waals surface area contributed by atoms with Crippen LogP contribution in [0.1, 0.15) is 40.0 Å². The number of para-hydroxylation sites is 1. The Hall–Kier alpha value is -3.87. The maximum Gasteiger partial charge on any atom is 0.339 e. The zero-order valence-electron chi connectivity index (χ0n) is 17.6. The maximum absolute atomic E-state index is 13.1. The lowest BCUT2D eigenvalue weighted by atomic mass is 9.86. The van der Waals surface area contributed by atoms with E-state index in [2.05, 4.69) is 11.4 Å². The quantitative estimate of drug-likeness (QED) is 0.635. The summed E-state index contributed by atoms with van der Waals surface area (Å²) < 4.78 is 16.2. The molecule has 32 heavy (non-hydrogen) atoms. The molecule has 1 aliphatic heterocycles. The van der Waals surface area contributed by atoms with Gasteiger partial charge in [-0.05, 0) is 60.2 Å². The van der Waals surface area contributed by atoms with E-state index < -0.39 is 5.97 Å². The first-order valence-electron chi connectivity index (χ1n) is 10.5. The number of esters is 1. The number of aromatic nitrogens is 1. The van der Waals surface area contributed by atoms with Crippen molar-refractivity contribution in [1.82, 2.24) is 10.3 Å². The summed E-state index contributed by atoms with van der Waals surface area (Å²) in [6.07, 6.45) is 4.54. The number of nitrogens with one attached hydrogen (secondary N) is 1. The molecule has 0 fully saturated rings. The van der Waals surface area contributed by atoms with Crippen LogP contribution in [0.2, 0.25) is 0 Å². The van der Waals surface area contributed by atoms with E-state index in [-0.39, 0.29) is 19.3 Å². The summed E-state index contributed by atoms with van der Waals surface area (Å²) in [5, 5.41) is 3.20. The van der Waals surface area contributed by atoms with Gasteiger partial charge in [0.15, 0.2) is 18.1 Å². The van der Waals surface area contributed by atoms with E-state index in [0.717, 1.165) is 64.1 Å². The zero-order chi connectivity index (χ0) is 22.1. The summed E-state index contributed by atoms with van der Waals surface area (Å²) in [5.74, 6) is 0.600. The Labute approximate surface area is 185 Å². The van der Waals surface area contributed by atoms with Gasteiger partial charge in [0.1, 0.15) is 0 Å². The molecule has 7 heteroatoms.